The Balaban J connectivity index is 2.12. The summed E-state index contributed by atoms with van der Waals surface area (Å²) < 4.78 is 8.25. The third-order valence-corrected chi connectivity index (χ3v) is 8.28. The number of imidazole rings is 1. The molecule has 2 aromatic carbocycles. The predicted octanol–water partition coefficient (Wildman–Crippen LogP) is 7.43. The maximum atomic E-state index is 6.63. The van der Waals surface area contributed by atoms with Crippen LogP contribution in [0.15, 0.2) is 24.3 Å². The van der Waals surface area contributed by atoms with Gasteiger partial charge in [-0.2, -0.15) is 4.98 Å². The van der Waals surface area contributed by atoms with E-state index in [9.17, 15) is 0 Å². The van der Waals surface area contributed by atoms with Gasteiger partial charge in [0.2, 0.25) is 0 Å². The molecule has 0 bridgehead atoms. The molecule has 156 valence electrons. The Bertz CT molecular complexity index is 1030. The van der Waals surface area contributed by atoms with Gasteiger partial charge in [-0.25, -0.2) is 0 Å². The fourth-order valence-corrected chi connectivity index (χ4v) is 5.65. The van der Waals surface area contributed by atoms with Gasteiger partial charge in [0.15, 0.2) is 5.75 Å². The van der Waals surface area contributed by atoms with Gasteiger partial charge in [0.25, 0.3) is 0 Å². The molecule has 0 radical (unpaired) electrons. The molecule has 0 aliphatic carbocycles. The Morgan fingerprint density at radius 2 is 1.72 bits per heavy atom. The summed E-state index contributed by atoms with van der Waals surface area (Å²) in [4.78, 5) is 4.73. The molecule has 1 aromatic heterocycles. The number of rotatable bonds is 6. The Labute approximate surface area is 185 Å². The average molecular weight is 449 g/mol. The summed E-state index contributed by atoms with van der Waals surface area (Å²) in [5.74, 6) is 1.12. The van der Waals surface area contributed by atoms with Crippen LogP contribution in [0.1, 0.15) is 43.7 Å². The van der Waals surface area contributed by atoms with E-state index in [-0.39, 0.29) is 0 Å². The van der Waals surface area contributed by atoms with E-state index >= 15 is 0 Å². The van der Waals surface area contributed by atoms with Crippen molar-refractivity contribution in [2.45, 2.75) is 59.2 Å². The van der Waals surface area contributed by atoms with Gasteiger partial charge in [-0.05, 0) is 48.9 Å². The van der Waals surface area contributed by atoms with Crippen LogP contribution in [0.25, 0.3) is 11.0 Å². The Morgan fingerprint density at radius 3 is 2.28 bits per heavy atom. The van der Waals surface area contributed by atoms with Gasteiger partial charge in [0, 0.05) is 7.05 Å². The standard InChI is InChI=1S/C23H30Cl2N2OSi/c1-8-15(9-2)17-10-11-18(24)20-21(17)27(4)23(26-20)28-22-14(3)12-16(13-19(22)25)29(5,6)7/h10-13,15H,8-9H2,1-7H3. The molecule has 0 amide bonds. The van der Waals surface area contributed by atoms with Gasteiger partial charge in [0.05, 0.1) is 23.6 Å². The van der Waals surface area contributed by atoms with Gasteiger partial charge >= 0.3 is 6.01 Å². The van der Waals surface area contributed by atoms with Gasteiger partial charge < -0.3 is 4.74 Å². The molecular formula is C23H30Cl2N2OSi. The molecule has 3 rings (SSSR count). The molecule has 6 heteroatoms. The minimum absolute atomic E-state index is 0.458. The number of halogens is 2. The minimum Gasteiger partial charge on any atom is -0.424 e. The Hall–Kier alpha value is -1.49. The second-order valence-corrected chi connectivity index (χ2v) is 14.6. The fourth-order valence-electron chi connectivity index (χ4n) is 3.83. The normalized spacial score (nSPS) is 12.2. The van der Waals surface area contributed by atoms with Crippen LogP contribution in [-0.4, -0.2) is 17.6 Å². The van der Waals surface area contributed by atoms with Crippen LogP contribution in [0.4, 0.5) is 0 Å². The van der Waals surface area contributed by atoms with Crippen LogP contribution in [0.2, 0.25) is 29.7 Å². The van der Waals surface area contributed by atoms with Crippen molar-refractivity contribution in [1.82, 2.24) is 9.55 Å². The van der Waals surface area contributed by atoms with Crippen molar-refractivity contribution in [3.8, 4) is 11.8 Å². The van der Waals surface area contributed by atoms with Crippen LogP contribution in [-0.2, 0) is 7.05 Å². The summed E-state index contributed by atoms with van der Waals surface area (Å²) in [5, 5.41) is 2.58. The summed E-state index contributed by atoms with van der Waals surface area (Å²) >= 11 is 13.1. The monoisotopic (exact) mass is 448 g/mol. The van der Waals surface area contributed by atoms with Crippen molar-refractivity contribution in [1.29, 1.82) is 0 Å². The van der Waals surface area contributed by atoms with Crippen LogP contribution >= 0.6 is 23.2 Å². The van der Waals surface area contributed by atoms with Crippen LogP contribution < -0.4 is 9.92 Å². The van der Waals surface area contributed by atoms with Crippen LogP contribution in [0, 0.1) is 6.92 Å². The second-order valence-electron chi connectivity index (χ2n) is 8.76. The first-order chi connectivity index (χ1) is 13.6. The zero-order valence-corrected chi connectivity index (χ0v) is 20.9. The molecule has 0 atom stereocenters. The summed E-state index contributed by atoms with van der Waals surface area (Å²) in [7, 11) is 0.516. The highest BCUT2D eigenvalue weighted by Crippen LogP contribution is 2.38. The first kappa shape index (κ1) is 22.2. The van der Waals surface area contributed by atoms with E-state index in [0.29, 0.717) is 27.7 Å². The smallest absolute Gasteiger partial charge is 0.302 e. The molecule has 0 unspecified atom stereocenters. The first-order valence-corrected chi connectivity index (χ1v) is 14.5. The molecular weight excluding hydrogens is 419 g/mol. The number of ether oxygens (including phenoxy) is 1. The zero-order chi connectivity index (χ0) is 21.5. The highest BCUT2D eigenvalue weighted by molar-refractivity contribution is 6.88. The molecule has 3 aromatic rings. The summed E-state index contributed by atoms with van der Waals surface area (Å²) in [6.07, 6.45) is 2.13. The molecule has 0 aliphatic rings. The van der Waals surface area contributed by atoms with Crippen molar-refractivity contribution in [2.24, 2.45) is 7.05 Å². The van der Waals surface area contributed by atoms with Crippen LogP contribution in [0.3, 0.4) is 0 Å². The molecule has 0 saturated carbocycles. The maximum Gasteiger partial charge on any atom is 0.302 e. The van der Waals surface area contributed by atoms with E-state index in [1.165, 1.54) is 10.8 Å². The van der Waals surface area contributed by atoms with Gasteiger partial charge in [-0.15, -0.1) is 0 Å². The number of aryl methyl sites for hydroxylation is 2. The highest BCUT2D eigenvalue weighted by Gasteiger charge is 2.23. The lowest BCUT2D eigenvalue weighted by atomic mass is 9.93. The molecule has 29 heavy (non-hydrogen) atoms. The molecule has 0 spiro atoms. The van der Waals surface area contributed by atoms with Crippen LogP contribution in [0.5, 0.6) is 11.8 Å². The molecule has 1 heterocycles. The lowest BCUT2D eigenvalue weighted by Gasteiger charge is -2.20. The van der Waals surface area contributed by atoms with E-state index < -0.39 is 8.07 Å². The summed E-state index contributed by atoms with van der Waals surface area (Å²) in [6.45, 7) is 13.4. The van der Waals surface area contributed by atoms with Crippen molar-refractivity contribution in [3.05, 3.63) is 45.4 Å². The van der Waals surface area contributed by atoms with Crippen molar-refractivity contribution in [2.75, 3.05) is 0 Å². The largest absolute Gasteiger partial charge is 0.424 e. The van der Waals surface area contributed by atoms with Crippen molar-refractivity contribution >= 4 is 47.5 Å². The van der Waals surface area contributed by atoms with Gasteiger partial charge in [-0.3, -0.25) is 4.57 Å². The highest BCUT2D eigenvalue weighted by atomic mass is 35.5. The zero-order valence-electron chi connectivity index (χ0n) is 18.4. The lowest BCUT2D eigenvalue weighted by molar-refractivity contribution is 0.425. The SMILES string of the molecule is CCC(CC)c1ccc(Cl)c2nc(Oc3c(C)cc([Si](C)(C)C)cc3Cl)n(C)c12. The molecule has 0 N–H and O–H groups in total. The third-order valence-electron chi connectivity index (χ3n) is 5.68. The van der Waals surface area contributed by atoms with Crippen molar-refractivity contribution < 1.29 is 4.74 Å². The van der Waals surface area contributed by atoms with Crippen molar-refractivity contribution in [3.63, 3.8) is 0 Å². The minimum atomic E-state index is -1.46. The number of hydrogen-bond donors (Lipinski definition) is 0. The Kier molecular flexibility index (Phi) is 6.37. The van der Waals surface area contributed by atoms with E-state index in [0.717, 1.165) is 29.4 Å². The van der Waals surface area contributed by atoms with Gasteiger partial charge in [-0.1, -0.05) is 74.0 Å². The second kappa shape index (κ2) is 8.33. The first-order valence-electron chi connectivity index (χ1n) is 10.2. The topological polar surface area (TPSA) is 27.1 Å². The third kappa shape index (κ3) is 4.21. The number of aromatic nitrogens is 2. The molecule has 3 nitrogen and oxygen atoms in total. The van der Waals surface area contributed by atoms with E-state index in [2.05, 4.69) is 45.6 Å². The van der Waals surface area contributed by atoms with Gasteiger partial charge in [0.1, 0.15) is 5.52 Å². The predicted molar refractivity (Wildman–Crippen MR) is 128 cm³/mol. The summed E-state index contributed by atoms with van der Waals surface area (Å²) in [5.41, 5.74) is 4.10. The number of benzene rings is 2. The number of nitrogens with zero attached hydrogens (tertiary/aromatic N) is 2. The quantitative estimate of drug-likeness (QED) is 0.366. The Morgan fingerprint density at radius 1 is 1.07 bits per heavy atom. The molecule has 0 fully saturated rings. The average Bonchev–Trinajstić information content (AvgIpc) is 2.97. The van der Waals surface area contributed by atoms with E-state index in [1.54, 1.807) is 0 Å². The molecule has 0 saturated heterocycles. The maximum absolute atomic E-state index is 6.63. The van der Waals surface area contributed by atoms with E-state index in [4.69, 9.17) is 32.9 Å². The lowest BCUT2D eigenvalue weighted by Crippen LogP contribution is -2.37. The molecule has 0 aliphatic heterocycles. The fraction of sp³-hybridized carbons (Fsp3) is 0.435. The number of fused-ring (bicyclic) bond motifs is 1. The number of hydrogen-bond acceptors (Lipinski definition) is 2. The van der Waals surface area contributed by atoms with E-state index in [1.807, 2.05) is 30.7 Å². The summed E-state index contributed by atoms with van der Waals surface area (Å²) in [6, 6.07) is 8.80.